The first kappa shape index (κ1) is 12.6. The first-order valence-corrected chi connectivity index (χ1v) is 5.86. The molecule has 0 heterocycles. The molecule has 2 nitrogen and oxygen atoms in total. The summed E-state index contributed by atoms with van der Waals surface area (Å²) in [5.41, 5.74) is 8.34. The molecule has 0 fully saturated rings. The largest absolute Gasteiger partial charge is 0.489 e. The molecule has 18 heavy (non-hydrogen) atoms. The summed E-state index contributed by atoms with van der Waals surface area (Å²) in [5, 5.41) is 0. The highest BCUT2D eigenvalue weighted by Crippen LogP contribution is 2.18. The molecule has 0 aliphatic carbocycles. The third kappa shape index (κ3) is 2.87. The van der Waals surface area contributed by atoms with Crippen molar-refractivity contribution in [3.63, 3.8) is 0 Å². The summed E-state index contributed by atoms with van der Waals surface area (Å²) in [4.78, 5) is 0. The molecular formula is C15H16FNO. The van der Waals surface area contributed by atoms with Crippen molar-refractivity contribution in [3.05, 3.63) is 65.0 Å². The number of rotatable bonds is 4. The van der Waals surface area contributed by atoms with Crippen LogP contribution in [0.25, 0.3) is 0 Å². The first-order valence-electron chi connectivity index (χ1n) is 5.86. The van der Waals surface area contributed by atoms with Crippen LogP contribution in [0, 0.1) is 12.7 Å². The van der Waals surface area contributed by atoms with Crippen molar-refractivity contribution < 1.29 is 9.13 Å². The Hall–Kier alpha value is -1.87. The molecule has 0 atom stereocenters. The Morgan fingerprint density at radius 1 is 1.11 bits per heavy atom. The van der Waals surface area contributed by atoms with Crippen molar-refractivity contribution in [2.75, 3.05) is 0 Å². The maximum Gasteiger partial charge on any atom is 0.129 e. The molecular weight excluding hydrogens is 229 g/mol. The van der Waals surface area contributed by atoms with Crippen molar-refractivity contribution >= 4 is 0 Å². The van der Waals surface area contributed by atoms with E-state index < -0.39 is 0 Å². The SMILES string of the molecule is Cc1ccc(OCc2ccccc2CN)cc1F. The summed E-state index contributed by atoms with van der Waals surface area (Å²) >= 11 is 0. The highest BCUT2D eigenvalue weighted by molar-refractivity contribution is 5.30. The van der Waals surface area contributed by atoms with Crippen LogP contribution >= 0.6 is 0 Å². The van der Waals surface area contributed by atoms with Gasteiger partial charge in [0, 0.05) is 12.6 Å². The third-order valence-corrected chi connectivity index (χ3v) is 2.88. The fourth-order valence-corrected chi connectivity index (χ4v) is 1.72. The van der Waals surface area contributed by atoms with Crippen molar-refractivity contribution in [3.8, 4) is 5.75 Å². The molecule has 2 aromatic carbocycles. The quantitative estimate of drug-likeness (QED) is 0.898. The second kappa shape index (κ2) is 5.65. The second-order valence-electron chi connectivity index (χ2n) is 4.17. The molecule has 2 rings (SSSR count). The Morgan fingerprint density at radius 2 is 1.83 bits per heavy atom. The van der Waals surface area contributed by atoms with Gasteiger partial charge in [0.25, 0.3) is 0 Å². The van der Waals surface area contributed by atoms with E-state index in [-0.39, 0.29) is 5.82 Å². The Kier molecular flexibility index (Phi) is 3.95. The number of hydrogen-bond acceptors (Lipinski definition) is 2. The molecule has 0 unspecified atom stereocenters. The fourth-order valence-electron chi connectivity index (χ4n) is 1.72. The van der Waals surface area contributed by atoms with E-state index in [4.69, 9.17) is 10.5 Å². The average molecular weight is 245 g/mol. The van der Waals surface area contributed by atoms with Gasteiger partial charge in [0.05, 0.1) is 0 Å². The topological polar surface area (TPSA) is 35.2 Å². The van der Waals surface area contributed by atoms with Gasteiger partial charge in [0.2, 0.25) is 0 Å². The molecule has 0 saturated heterocycles. The van der Waals surface area contributed by atoms with Crippen LogP contribution in [0.1, 0.15) is 16.7 Å². The maximum absolute atomic E-state index is 13.4. The van der Waals surface area contributed by atoms with Gasteiger partial charge in [-0.3, -0.25) is 0 Å². The zero-order valence-corrected chi connectivity index (χ0v) is 10.3. The summed E-state index contributed by atoms with van der Waals surface area (Å²) in [6.45, 7) is 2.60. The molecule has 0 aliphatic rings. The fraction of sp³-hybridized carbons (Fsp3) is 0.200. The van der Waals surface area contributed by atoms with E-state index in [1.165, 1.54) is 6.07 Å². The van der Waals surface area contributed by atoms with Crippen molar-refractivity contribution in [1.82, 2.24) is 0 Å². The van der Waals surface area contributed by atoms with Crippen LogP contribution in [0.2, 0.25) is 0 Å². The minimum absolute atomic E-state index is 0.250. The lowest BCUT2D eigenvalue weighted by atomic mass is 10.1. The zero-order chi connectivity index (χ0) is 13.0. The van der Waals surface area contributed by atoms with Gasteiger partial charge in [0.1, 0.15) is 18.2 Å². The summed E-state index contributed by atoms with van der Waals surface area (Å²) in [7, 11) is 0. The molecule has 0 radical (unpaired) electrons. The predicted molar refractivity (Wildman–Crippen MR) is 69.8 cm³/mol. The Labute approximate surface area is 106 Å². The van der Waals surface area contributed by atoms with Crippen molar-refractivity contribution in [2.45, 2.75) is 20.1 Å². The molecule has 0 amide bonds. The van der Waals surface area contributed by atoms with Gasteiger partial charge in [-0.15, -0.1) is 0 Å². The molecule has 3 heteroatoms. The molecule has 94 valence electrons. The van der Waals surface area contributed by atoms with Crippen LogP contribution in [-0.4, -0.2) is 0 Å². The van der Waals surface area contributed by atoms with Gasteiger partial charge in [-0.25, -0.2) is 4.39 Å². The van der Waals surface area contributed by atoms with Crippen LogP contribution in [0.5, 0.6) is 5.75 Å². The molecule has 0 saturated carbocycles. The van der Waals surface area contributed by atoms with Gasteiger partial charge >= 0.3 is 0 Å². The highest BCUT2D eigenvalue weighted by Gasteiger charge is 2.03. The monoisotopic (exact) mass is 245 g/mol. The summed E-state index contributed by atoms with van der Waals surface area (Å²) < 4.78 is 18.9. The van der Waals surface area contributed by atoms with Gasteiger partial charge in [-0.05, 0) is 29.7 Å². The van der Waals surface area contributed by atoms with E-state index in [1.54, 1.807) is 19.1 Å². The number of hydrogen-bond donors (Lipinski definition) is 1. The molecule has 2 aromatic rings. The number of ether oxygens (including phenoxy) is 1. The van der Waals surface area contributed by atoms with Gasteiger partial charge in [-0.2, -0.15) is 0 Å². The average Bonchev–Trinajstić information content (AvgIpc) is 2.40. The van der Waals surface area contributed by atoms with Crippen LogP contribution < -0.4 is 10.5 Å². The number of halogens is 1. The number of benzene rings is 2. The summed E-state index contributed by atoms with van der Waals surface area (Å²) in [6, 6.07) is 12.7. The smallest absolute Gasteiger partial charge is 0.129 e. The maximum atomic E-state index is 13.4. The first-order chi connectivity index (χ1) is 8.70. The standard InChI is InChI=1S/C15H16FNO/c1-11-6-7-14(8-15(11)16)18-10-13-5-3-2-4-12(13)9-17/h2-8H,9-10,17H2,1H3. The molecule has 0 spiro atoms. The Balaban J connectivity index is 2.09. The highest BCUT2D eigenvalue weighted by atomic mass is 19.1. The molecule has 0 aliphatic heterocycles. The lowest BCUT2D eigenvalue weighted by Crippen LogP contribution is -2.04. The van der Waals surface area contributed by atoms with E-state index in [0.717, 1.165) is 11.1 Å². The number of aryl methyl sites for hydroxylation is 1. The van der Waals surface area contributed by atoms with E-state index in [0.29, 0.717) is 24.5 Å². The predicted octanol–water partition coefficient (Wildman–Crippen LogP) is 3.17. The molecule has 0 aromatic heterocycles. The van der Waals surface area contributed by atoms with Crippen LogP contribution in [0.15, 0.2) is 42.5 Å². The minimum atomic E-state index is -0.250. The van der Waals surface area contributed by atoms with Crippen LogP contribution in [-0.2, 0) is 13.2 Å². The third-order valence-electron chi connectivity index (χ3n) is 2.88. The summed E-state index contributed by atoms with van der Waals surface area (Å²) in [5.74, 6) is 0.282. The van der Waals surface area contributed by atoms with Crippen LogP contribution in [0.4, 0.5) is 4.39 Å². The van der Waals surface area contributed by atoms with E-state index in [1.807, 2.05) is 24.3 Å². The zero-order valence-electron chi connectivity index (χ0n) is 10.3. The molecule has 0 bridgehead atoms. The van der Waals surface area contributed by atoms with E-state index >= 15 is 0 Å². The van der Waals surface area contributed by atoms with Gasteiger partial charge in [-0.1, -0.05) is 30.3 Å². The summed E-state index contributed by atoms with van der Waals surface area (Å²) in [6.07, 6.45) is 0. The van der Waals surface area contributed by atoms with Gasteiger partial charge < -0.3 is 10.5 Å². The minimum Gasteiger partial charge on any atom is -0.489 e. The number of nitrogens with two attached hydrogens (primary N) is 1. The normalized spacial score (nSPS) is 10.4. The van der Waals surface area contributed by atoms with E-state index in [2.05, 4.69) is 0 Å². The lowest BCUT2D eigenvalue weighted by Gasteiger charge is -2.10. The van der Waals surface area contributed by atoms with E-state index in [9.17, 15) is 4.39 Å². The van der Waals surface area contributed by atoms with Gasteiger partial charge in [0.15, 0.2) is 0 Å². The van der Waals surface area contributed by atoms with Crippen molar-refractivity contribution in [2.24, 2.45) is 5.73 Å². The lowest BCUT2D eigenvalue weighted by molar-refractivity contribution is 0.303. The Bertz CT molecular complexity index is 540. The molecule has 2 N–H and O–H groups in total. The Morgan fingerprint density at radius 3 is 2.50 bits per heavy atom. The second-order valence-corrected chi connectivity index (χ2v) is 4.17. The van der Waals surface area contributed by atoms with Crippen LogP contribution in [0.3, 0.4) is 0 Å². The van der Waals surface area contributed by atoms with Crippen molar-refractivity contribution in [1.29, 1.82) is 0 Å².